The Labute approximate surface area is 350 Å². The Morgan fingerprint density at radius 2 is 1.34 bits per heavy atom. The van der Waals surface area contributed by atoms with E-state index in [-0.39, 0.29) is 21.1 Å². The molecule has 0 bridgehead atoms. The van der Waals surface area contributed by atoms with E-state index >= 15 is 0 Å². The Hall–Kier alpha value is -6.96. The maximum absolute atomic E-state index is 14.3. The fraction of sp³-hybridized carbons (Fsp3) is 0.109. The van der Waals surface area contributed by atoms with E-state index < -0.39 is 34.8 Å². The molecular weight excluding hydrogens is 783 g/mol. The van der Waals surface area contributed by atoms with Gasteiger partial charge in [0.1, 0.15) is 15.9 Å². The van der Waals surface area contributed by atoms with E-state index in [9.17, 15) is 24.0 Å². The SMILES string of the molecule is COC(=O)c1c(NC(=O)C(Sc2cccc(NC(=O)/C(=C\c3ccc(N(C)C)cc3)NC(=O)c3ccccc3)c2)c2ccccc2)sc(C(=O)Nc2ccccc2)c1C. The predicted molar refractivity (Wildman–Crippen MR) is 236 cm³/mol. The Balaban J connectivity index is 1.25. The van der Waals surface area contributed by atoms with Crippen LogP contribution in [0.15, 0.2) is 150 Å². The summed E-state index contributed by atoms with van der Waals surface area (Å²) in [6, 6.07) is 41.2. The number of anilines is 4. The second-order valence-corrected chi connectivity index (χ2v) is 15.5. The summed E-state index contributed by atoms with van der Waals surface area (Å²) in [4.78, 5) is 70.6. The first-order chi connectivity index (χ1) is 28.5. The van der Waals surface area contributed by atoms with Crippen LogP contribution in [0.25, 0.3) is 6.08 Å². The van der Waals surface area contributed by atoms with Crippen LogP contribution in [0.1, 0.15) is 52.3 Å². The van der Waals surface area contributed by atoms with Crippen molar-refractivity contribution in [2.75, 3.05) is 42.1 Å². The number of hydrogen-bond acceptors (Lipinski definition) is 9. The standard InChI is InChI=1S/C46H41N5O6S2/c1-29-38(46(56)57-4)45(59-39(29)43(54)47-33-19-12-7-13-20-33)50-44(55)40(31-15-8-5-9-16-31)58-36-22-14-21-34(28-36)48-42(53)37(49-41(52)32-17-10-6-11-18-32)27-30-23-25-35(26-24-30)51(2)3/h5-28,40H,1-4H3,(H,47,54)(H,48,53)(H,49,52)(H,50,55)/b37-27+. The second kappa shape index (κ2) is 19.5. The lowest BCUT2D eigenvalue weighted by atomic mass is 10.1. The average Bonchev–Trinajstić information content (AvgIpc) is 3.58. The summed E-state index contributed by atoms with van der Waals surface area (Å²) < 4.78 is 5.06. The molecule has 4 amide bonds. The highest BCUT2D eigenvalue weighted by Crippen LogP contribution is 2.40. The van der Waals surface area contributed by atoms with Gasteiger partial charge in [0.25, 0.3) is 17.7 Å². The van der Waals surface area contributed by atoms with Gasteiger partial charge in [0.2, 0.25) is 5.91 Å². The number of thiophene rings is 1. The molecule has 0 radical (unpaired) electrons. The molecule has 5 aromatic carbocycles. The minimum absolute atomic E-state index is 0.0283. The molecule has 1 aromatic heterocycles. The molecule has 13 heteroatoms. The van der Waals surface area contributed by atoms with Gasteiger partial charge in [-0.25, -0.2) is 4.79 Å². The topological polar surface area (TPSA) is 146 Å². The van der Waals surface area contributed by atoms with E-state index in [0.717, 1.165) is 17.0 Å². The molecule has 0 aliphatic heterocycles. The lowest BCUT2D eigenvalue weighted by Gasteiger charge is -2.18. The molecule has 6 aromatic rings. The number of rotatable bonds is 14. The molecule has 1 atom stereocenters. The normalized spacial score (nSPS) is 11.5. The van der Waals surface area contributed by atoms with Gasteiger partial charge >= 0.3 is 5.97 Å². The monoisotopic (exact) mass is 823 g/mol. The van der Waals surface area contributed by atoms with Crippen molar-refractivity contribution in [3.05, 3.63) is 178 Å². The number of hydrogen-bond donors (Lipinski definition) is 4. The van der Waals surface area contributed by atoms with Crippen molar-refractivity contribution >= 4 is 80.8 Å². The quantitative estimate of drug-likeness (QED) is 0.0484. The van der Waals surface area contributed by atoms with Gasteiger partial charge in [-0.3, -0.25) is 19.2 Å². The van der Waals surface area contributed by atoms with Gasteiger partial charge in [-0.15, -0.1) is 23.1 Å². The van der Waals surface area contributed by atoms with Gasteiger partial charge in [-0.2, -0.15) is 0 Å². The summed E-state index contributed by atoms with van der Waals surface area (Å²) in [7, 11) is 5.10. The van der Waals surface area contributed by atoms with Gasteiger partial charge in [0.05, 0.1) is 17.6 Å². The van der Waals surface area contributed by atoms with Crippen LogP contribution in [0, 0.1) is 6.92 Å². The van der Waals surface area contributed by atoms with Crippen molar-refractivity contribution in [1.82, 2.24) is 5.32 Å². The molecule has 1 heterocycles. The van der Waals surface area contributed by atoms with Crippen LogP contribution >= 0.6 is 23.1 Å². The van der Waals surface area contributed by atoms with Gasteiger partial charge < -0.3 is 30.9 Å². The predicted octanol–water partition coefficient (Wildman–Crippen LogP) is 9.04. The molecule has 6 rings (SSSR count). The Bertz CT molecular complexity index is 2490. The molecule has 1 unspecified atom stereocenters. The zero-order valence-electron chi connectivity index (χ0n) is 32.6. The highest BCUT2D eigenvalue weighted by atomic mass is 32.2. The van der Waals surface area contributed by atoms with E-state index in [1.54, 1.807) is 85.8 Å². The number of methoxy groups -OCH3 is 1. The molecule has 0 saturated heterocycles. The summed E-state index contributed by atoms with van der Waals surface area (Å²) in [6.07, 6.45) is 1.61. The first-order valence-electron chi connectivity index (χ1n) is 18.4. The lowest BCUT2D eigenvalue weighted by Crippen LogP contribution is -2.30. The molecule has 0 spiro atoms. The summed E-state index contributed by atoms with van der Waals surface area (Å²) in [5, 5.41) is 10.8. The second-order valence-electron chi connectivity index (χ2n) is 13.3. The smallest absolute Gasteiger partial charge is 0.341 e. The molecule has 11 nitrogen and oxygen atoms in total. The lowest BCUT2D eigenvalue weighted by molar-refractivity contribution is -0.116. The van der Waals surface area contributed by atoms with Crippen molar-refractivity contribution in [2.24, 2.45) is 0 Å². The fourth-order valence-corrected chi connectivity index (χ4v) is 8.09. The summed E-state index contributed by atoms with van der Waals surface area (Å²) in [6.45, 7) is 1.63. The fourth-order valence-electron chi connectivity index (χ4n) is 5.91. The van der Waals surface area contributed by atoms with Gasteiger partial charge in [-0.1, -0.05) is 84.9 Å². The zero-order chi connectivity index (χ0) is 41.9. The molecule has 0 aliphatic rings. The third-order valence-corrected chi connectivity index (χ3v) is 11.4. The average molecular weight is 824 g/mol. The van der Waals surface area contributed by atoms with Gasteiger partial charge in [0.15, 0.2) is 0 Å². The molecule has 0 aliphatic carbocycles. The van der Waals surface area contributed by atoms with E-state index in [2.05, 4.69) is 21.3 Å². The third-order valence-electron chi connectivity index (χ3n) is 8.95. The van der Waals surface area contributed by atoms with Crippen LogP contribution in [-0.2, 0) is 14.3 Å². The minimum Gasteiger partial charge on any atom is -0.465 e. The number of para-hydroxylation sites is 1. The van der Waals surface area contributed by atoms with Crippen LogP contribution in [0.5, 0.6) is 0 Å². The number of thioether (sulfide) groups is 1. The summed E-state index contributed by atoms with van der Waals surface area (Å²) in [5.74, 6) is -2.58. The Kier molecular flexibility index (Phi) is 13.7. The largest absolute Gasteiger partial charge is 0.465 e. The van der Waals surface area contributed by atoms with Crippen molar-refractivity contribution in [1.29, 1.82) is 0 Å². The third kappa shape index (κ3) is 10.7. The van der Waals surface area contributed by atoms with Gasteiger partial charge in [0, 0.05) is 41.6 Å². The van der Waals surface area contributed by atoms with Crippen LogP contribution in [0.4, 0.5) is 22.1 Å². The van der Waals surface area contributed by atoms with Crippen molar-refractivity contribution < 1.29 is 28.7 Å². The zero-order valence-corrected chi connectivity index (χ0v) is 34.3. The number of nitrogens with one attached hydrogen (secondary N) is 4. The highest BCUT2D eigenvalue weighted by molar-refractivity contribution is 8.00. The number of carbonyl (C=O) groups excluding carboxylic acids is 5. The number of nitrogens with zero attached hydrogens (tertiary/aromatic N) is 1. The summed E-state index contributed by atoms with van der Waals surface area (Å²) >= 11 is 2.21. The van der Waals surface area contributed by atoms with Crippen LogP contribution in [0.2, 0.25) is 0 Å². The van der Waals surface area contributed by atoms with Crippen LogP contribution in [0.3, 0.4) is 0 Å². The van der Waals surface area contributed by atoms with Gasteiger partial charge in [-0.05, 0) is 84.3 Å². The maximum Gasteiger partial charge on any atom is 0.341 e. The molecule has 298 valence electrons. The minimum atomic E-state index is -0.831. The van der Waals surface area contributed by atoms with E-state index in [0.29, 0.717) is 38.5 Å². The maximum atomic E-state index is 14.3. The van der Waals surface area contributed by atoms with Crippen molar-refractivity contribution in [2.45, 2.75) is 17.1 Å². The van der Waals surface area contributed by atoms with Crippen LogP contribution in [-0.4, -0.2) is 50.8 Å². The van der Waals surface area contributed by atoms with Crippen molar-refractivity contribution in [3.63, 3.8) is 0 Å². The molecule has 4 N–H and O–H groups in total. The Morgan fingerprint density at radius 1 is 0.712 bits per heavy atom. The number of ether oxygens (including phenoxy) is 1. The van der Waals surface area contributed by atoms with E-state index in [1.165, 1.54) is 18.9 Å². The molecule has 0 saturated carbocycles. The van der Waals surface area contributed by atoms with E-state index in [4.69, 9.17) is 4.74 Å². The first-order valence-corrected chi connectivity index (χ1v) is 20.1. The highest BCUT2D eigenvalue weighted by Gasteiger charge is 2.30. The number of amides is 4. The van der Waals surface area contributed by atoms with Crippen molar-refractivity contribution in [3.8, 4) is 0 Å². The van der Waals surface area contributed by atoms with E-state index in [1.807, 2.05) is 85.7 Å². The number of carbonyl (C=O) groups is 5. The molecular formula is C46H41N5O6S2. The molecule has 59 heavy (non-hydrogen) atoms. The number of benzene rings is 5. The number of esters is 1. The first kappa shape index (κ1) is 41.7. The van der Waals surface area contributed by atoms with Crippen LogP contribution < -0.4 is 26.2 Å². The summed E-state index contributed by atoms with van der Waals surface area (Å²) in [5.41, 5.74) is 4.23. The Morgan fingerprint density at radius 3 is 1.98 bits per heavy atom. The molecule has 0 fully saturated rings.